The normalized spacial score (nSPS) is 15.5. The summed E-state index contributed by atoms with van der Waals surface area (Å²) < 4.78 is 10.6. The third kappa shape index (κ3) is 7.10. The van der Waals surface area contributed by atoms with Crippen molar-refractivity contribution >= 4 is 29.9 Å². The lowest BCUT2D eigenvalue weighted by atomic mass is 9.84. The number of nitrogens with one attached hydrogen (secondary N) is 1. The molecule has 2 heterocycles. The van der Waals surface area contributed by atoms with Gasteiger partial charge in [0.25, 0.3) is 0 Å². The Morgan fingerprint density at radius 1 is 1.23 bits per heavy atom. The van der Waals surface area contributed by atoms with Crippen molar-refractivity contribution in [3.05, 3.63) is 47.3 Å². The minimum Gasteiger partial charge on any atom is -0.497 e. The molecule has 0 aliphatic carbocycles. The van der Waals surface area contributed by atoms with E-state index in [0.717, 1.165) is 62.4 Å². The molecule has 1 N–H and O–H groups in total. The number of benzene rings is 1. The predicted octanol–water partition coefficient (Wildman–Crippen LogP) is 3.67. The number of rotatable bonds is 7. The first-order chi connectivity index (χ1) is 14.4. The smallest absolute Gasteiger partial charge is 0.194 e. The molecule has 7 nitrogen and oxygen atoms in total. The van der Waals surface area contributed by atoms with Gasteiger partial charge in [-0.25, -0.2) is 0 Å². The number of halogens is 1. The van der Waals surface area contributed by atoms with Crippen LogP contribution in [0.4, 0.5) is 0 Å². The second-order valence-corrected chi connectivity index (χ2v) is 8.48. The van der Waals surface area contributed by atoms with Crippen LogP contribution in [0.25, 0.3) is 0 Å². The van der Waals surface area contributed by atoms with Gasteiger partial charge in [-0.2, -0.15) is 0 Å². The number of guanidine groups is 1. The third-order valence-electron chi connectivity index (χ3n) is 5.54. The molecule has 1 aliphatic heterocycles. The summed E-state index contributed by atoms with van der Waals surface area (Å²) in [6.07, 6.45) is 0. The SMILES string of the molecule is CCNC(=NCC(C)(C)c1cccc(OC)c1)N1CCN(Cc2cc(C)on2)CC1.I. The number of ether oxygens (including phenoxy) is 1. The first-order valence-corrected chi connectivity index (χ1v) is 10.7. The summed E-state index contributed by atoms with van der Waals surface area (Å²) in [6.45, 7) is 14.8. The average Bonchev–Trinajstić information content (AvgIpc) is 3.16. The van der Waals surface area contributed by atoms with E-state index in [-0.39, 0.29) is 29.4 Å². The van der Waals surface area contributed by atoms with E-state index in [4.69, 9.17) is 14.3 Å². The van der Waals surface area contributed by atoms with E-state index in [1.807, 2.05) is 25.1 Å². The Morgan fingerprint density at radius 2 is 1.97 bits per heavy atom. The van der Waals surface area contributed by atoms with E-state index < -0.39 is 0 Å². The van der Waals surface area contributed by atoms with Crippen molar-refractivity contribution in [3.8, 4) is 5.75 Å². The molecule has 1 saturated heterocycles. The first-order valence-electron chi connectivity index (χ1n) is 10.7. The molecular weight excluding hydrogens is 505 g/mol. The lowest BCUT2D eigenvalue weighted by Gasteiger charge is -2.36. The maximum atomic E-state index is 5.39. The van der Waals surface area contributed by atoms with Crippen molar-refractivity contribution in [2.24, 2.45) is 4.99 Å². The molecule has 8 heteroatoms. The summed E-state index contributed by atoms with van der Waals surface area (Å²) in [5.74, 6) is 2.74. The number of piperazine rings is 1. The Morgan fingerprint density at radius 3 is 2.58 bits per heavy atom. The van der Waals surface area contributed by atoms with E-state index >= 15 is 0 Å². The average molecular weight is 541 g/mol. The zero-order chi connectivity index (χ0) is 21.6. The number of hydrogen-bond donors (Lipinski definition) is 1. The van der Waals surface area contributed by atoms with Gasteiger partial charge in [0.05, 0.1) is 19.3 Å². The van der Waals surface area contributed by atoms with Gasteiger partial charge in [-0.1, -0.05) is 31.1 Å². The molecule has 0 unspecified atom stereocenters. The minimum atomic E-state index is -0.0815. The van der Waals surface area contributed by atoms with E-state index in [1.165, 1.54) is 5.56 Å². The number of aliphatic imine (C=N–C) groups is 1. The van der Waals surface area contributed by atoms with Crippen molar-refractivity contribution in [1.82, 2.24) is 20.3 Å². The summed E-state index contributed by atoms with van der Waals surface area (Å²) in [5, 5.41) is 7.59. The van der Waals surface area contributed by atoms with Crippen molar-refractivity contribution in [3.63, 3.8) is 0 Å². The molecular formula is C23H36IN5O2. The number of methoxy groups -OCH3 is 1. The van der Waals surface area contributed by atoms with Crippen LogP contribution in [0.1, 0.15) is 37.8 Å². The van der Waals surface area contributed by atoms with Gasteiger partial charge < -0.3 is 19.5 Å². The third-order valence-corrected chi connectivity index (χ3v) is 5.54. The molecule has 1 aliphatic rings. The molecule has 0 atom stereocenters. The fraction of sp³-hybridized carbons (Fsp3) is 0.565. The molecule has 3 rings (SSSR count). The highest BCUT2D eigenvalue weighted by atomic mass is 127. The largest absolute Gasteiger partial charge is 0.497 e. The van der Waals surface area contributed by atoms with Crippen LogP contribution in [0.5, 0.6) is 5.75 Å². The van der Waals surface area contributed by atoms with Crippen LogP contribution in [0.15, 0.2) is 39.8 Å². The lowest BCUT2D eigenvalue weighted by molar-refractivity contribution is 0.169. The Labute approximate surface area is 203 Å². The molecule has 1 fully saturated rings. The van der Waals surface area contributed by atoms with Crippen molar-refractivity contribution in [2.75, 3.05) is 46.4 Å². The number of nitrogens with zero attached hydrogens (tertiary/aromatic N) is 4. The van der Waals surface area contributed by atoms with Crippen molar-refractivity contribution in [2.45, 2.75) is 39.7 Å². The van der Waals surface area contributed by atoms with E-state index in [2.05, 4.69) is 53.2 Å². The molecule has 1 aromatic heterocycles. The number of aromatic nitrogens is 1. The molecule has 0 radical (unpaired) electrons. The monoisotopic (exact) mass is 541 g/mol. The maximum absolute atomic E-state index is 5.39. The molecule has 0 saturated carbocycles. The number of aryl methyl sites for hydroxylation is 1. The molecule has 1 aromatic carbocycles. The van der Waals surface area contributed by atoms with Gasteiger partial charge in [0.15, 0.2) is 5.96 Å². The summed E-state index contributed by atoms with van der Waals surface area (Å²) in [7, 11) is 1.71. The molecule has 0 bridgehead atoms. The van der Waals surface area contributed by atoms with E-state index in [1.54, 1.807) is 7.11 Å². The van der Waals surface area contributed by atoms with Crippen LogP contribution in [0, 0.1) is 6.92 Å². The Balaban J connectivity index is 0.00000341. The standard InChI is InChI=1S/C23H35N5O2.HI/c1-6-24-22(25-17-23(3,4)19-8-7-9-21(15-19)29-5)28-12-10-27(11-13-28)16-20-14-18(2)30-26-20;/h7-9,14-15H,6,10-13,16-17H2,1-5H3,(H,24,25);1H. The Bertz CT molecular complexity index is 844. The highest BCUT2D eigenvalue weighted by Gasteiger charge is 2.24. The predicted molar refractivity (Wildman–Crippen MR) is 136 cm³/mol. The summed E-state index contributed by atoms with van der Waals surface area (Å²) in [6, 6.07) is 10.3. The van der Waals surface area contributed by atoms with Gasteiger partial charge in [-0.05, 0) is 31.5 Å². The summed E-state index contributed by atoms with van der Waals surface area (Å²) in [5.41, 5.74) is 2.15. The topological polar surface area (TPSA) is 66.1 Å². The van der Waals surface area contributed by atoms with Gasteiger partial charge >= 0.3 is 0 Å². The molecule has 0 spiro atoms. The molecule has 31 heavy (non-hydrogen) atoms. The fourth-order valence-corrected chi connectivity index (χ4v) is 3.67. The van der Waals surface area contributed by atoms with Gasteiger partial charge in [0.2, 0.25) is 0 Å². The minimum absolute atomic E-state index is 0. The van der Waals surface area contributed by atoms with Gasteiger partial charge in [-0.15, -0.1) is 24.0 Å². The molecule has 172 valence electrons. The highest BCUT2D eigenvalue weighted by Crippen LogP contribution is 2.27. The molecule has 2 aromatic rings. The van der Waals surface area contributed by atoms with E-state index in [0.29, 0.717) is 6.54 Å². The zero-order valence-electron chi connectivity index (χ0n) is 19.4. The summed E-state index contributed by atoms with van der Waals surface area (Å²) >= 11 is 0. The quantitative estimate of drug-likeness (QED) is 0.328. The fourth-order valence-electron chi connectivity index (χ4n) is 3.67. The van der Waals surface area contributed by atoms with Crippen LogP contribution in [-0.2, 0) is 12.0 Å². The second kappa shape index (κ2) is 11.7. The van der Waals surface area contributed by atoms with Crippen LogP contribution in [0.3, 0.4) is 0 Å². The van der Waals surface area contributed by atoms with Crippen LogP contribution in [0.2, 0.25) is 0 Å². The van der Waals surface area contributed by atoms with Gasteiger partial charge in [0, 0.05) is 50.7 Å². The zero-order valence-corrected chi connectivity index (χ0v) is 21.7. The lowest BCUT2D eigenvalue weighted by Crippen LogP contribution is -2.52. The van der Waals surface area contributed by atoms with Crippen LogP contribution in [-0.4, -0.2) is 67.3 Å². The van der Waals surface area contributed by atoms with Crippen molar-refractivity contribution in [1.29, 1.82) is 0 Å². The molecule has 0 amide bonds. The van der Waals surface area contributed by atoms with Gasteiger partial charge in [0.1, 0.15) is 11.5 Å². The Kier molecular flexibility index (Phi) is 9.61. The van der Waals surface area contributed by atoms with Crippen molar-refractivity contribution < 1.29 is 9.26 Å². The van der Waals surface area contributed by atoms with E-state index in [9.17, 15) is 0 Å². The highest BCUT2D eigenvalue weighted by molar-refractivity contribution is 14.0. The second-order valence-electron chi connectivity index (χ2n) is 8.48. The van der Waals surface area contributed by atoms with Gasteiger partial charge in [-0.3, -0.25) is 9.89 Å². The van der Waals surface area contributed by atoms with Crippen LogP contribution < -0.4 is 10.1 Å². The number of hydrogen-bond acceptors (Lipinski definition) is 5. The summed E-state index contributed by atoms with van der Waals surface area (Å²) in [4.78, 5) is 9.77. The first kappa shape index (κ1) is 25.5. The Hall–Kier alpha value is -1.81. The maximum Gasteiger partial charge on any atom is 0.194 e. The van der Waals surface area contributed by atoms with Crippen LogP contribution >= 0.6 is 24.0 Å².